The van der Waals surface area contributed by atoms with E-state index in [1.165, 1.54) is 4.88 Å². The van der Waals surface area contributed by atoms with Gasteiger partial charge in [-0.15, -0.1) is 11.3 Å². The molecule has 0 radical (unpaired) electrons. The van der Waals surface area contributed by atoms with E-state index in [0.29, 0.717) is 6.61 Å². The minimum absolute atomic E-state index is 0.485. The summed E-state index contributed by atoms with van der Waals surface area (Å²) in [4.78, 5) is 5.85. The van der Waals surface area contributed by atoms with E-state index in [2.05, 4.69) is 10.3 Å². The van der Waals surface area contributed by atoms with E-state index >= 15 is 0 Å². The van der Waals surface area contributed by atoms with Crippen LogP contribution in [-0.4, -0.2) is 18.6 Å². The fourth-order valence-corrected chi connectivity index (χ4v) is 3.06. The van der Waals surface area contributed by atoms with Crippen LogP contribution < -0.4 is 14.8 Å². The zero-order valence-electron chi connectivity index (χ0n) is 11.0. The molecule has 0 amide bonds. The first-order valence-electron chi connectivity index (χ1n) is 6.26. The highest BCUT2D eigenvalue weighted by atomic mass is 32.1. The number of thiazole rings is 1. The maximum atomic E-state index is 5.80. The Morgan fingerprint density at radius 3 is 3.05 bits per heavy atom. The highest BCUT2D eigenvalue weighted by Crippen LogP contribution is 2.31. The Hall–Kier alpha value is -1.75. The van der Waals surface area contributed by atoms with Gasteiger partial charge in [0, 0.05) is 13.0 Å². The van der Waals surface area contributed by atoms with Gasteiger partial charge < -0.3 is 14.8 Å². The summed E-state index contributed by atoms with van der Waals surface area (Å²) in [6.45, 7) is 3.52. The van der Waals surface area contributed by atoms with Crippen LogP contribution in [0.2, 0.25) is 0 Å². The average molecular weight is 276 g/mol. The van der Waals surface area contributed by atoms with Gasteiger partial charge in [0.1, 0.15) is 17.4 Å². The smallest absolute Gasteiger partial charge is 0.161 e. The molecule has 2 aromatic rings. The molecule has 0 bridgehead atoms. The van der Waals surface area contributed by atoms with Crippen LogP contribution in [0.5, 0.6) is 11.5 Å². The van der Waals surface area contributed by atoms with Crippen molar-refractivity contribution in [2.45, 2.75) is 20.0 Å². The quantitative estimate of drug-likeness (QED) is 0.932. The minimum Gasteiger partial charge on any atom is -0.493 e. The molecule has 0 aliphatic carbocycles. The van der Waals surface area contributed by atoms with Gasteiger partial charge in [0.2, 0.25) is 0 Å². The van der Waals surface area contributed by atoms with Crippen molar-refractivity contribution < 1.29 is 9.47 Å². The molecule has 100 valence electrons. The fraction of sp³-hybridized carbons (Fsp3) is 0.357. The molecule has 0 fully saturated rings. The van der Waals surface area contributed by atoms with Crippen LogP contribution in [-0.2, 0) is 13.0 Å². The molecule has 1 aliphatic rings. The number of hydrogen-bond acceptors (Lipinski definition) is 5. The maximum absolute atomic E-state index is 5.80. The average Bonchev–Trinajstić information content (AvgIpc) is 2.97. The summed E-state index contributed by atoms with van der Waals surface area (Å²) >= 11 is 1.72. The Balaban J connectivity index is 1.71. The highest BCUT2D eigenvalue weighted by molar-refractivity contribution is 7.12. The number of methoxy groups -OCH3 is 1. The lowest BCUT2D eigenvalue weighted by Gasteiger charge is -2.10. The number of rotatable bonds is 4. The van der Waals surface area contributed by atoms with Gasteiger partial charge in [0.15, 0.2) is 11.5 Å². The van der Waals surface area contributed by atoms with Gasteiger partial charge in [-0.1, -0.05) is 6.07 Å². The van der Waals surface area contributed by atoms with Crippen molar-refractivity contribution in [2.75, 3.05) is 19.0 Å². The Morgan fingerprint density at radius 1 is 1.37 bits per heavy atom. The van der Waals surface area contributed by atoms with Gasteiger partial charge in [-0.05, 0) is 24.6 Å². The van der Waals surface area contributed by atoms with Crippen LogP contribution in [0, 0.1) is 6.92 Å². The van der Waals surface area contributed by atoms with Crippen LogP contribution in [0.25, 0.3) is 0 Å². The standard InChI is InChI=1S/C14H16N2O2S/c1-9-3-4-10(11(7-9)17-2)18-8-13-16-14-12(19-13)5-6-15-14/h3-4,7,15H,5-6,8H2,1-2H3. The number of nitrogens with zero attached hydrogens (tertiary/aromatic N) is 1. The number of nitrogens with one attached hydrogen (secondary N) is 1. The number of fused-ring (bicyclic) bond motifs is 1. The van der Waals surface area contributed by atoms with Crippen molar-refractivity contribution in [3.05, 3.63) is 33.6 Å². The Morgan fingerprint density at radius 2 is 2.26 bits per heavy atom. The van der Waals surface area contributed by atoms with E-state index in [9.17, 15) is 0 Å². The molecule has 1 aromatic heterocycles. The summed E-state index contributed by atoms with van der Waals surface area (Å²) in [5, 5.41) is 4.27. The molecule has 0 unspecified atom stereocenters. The number of aromatic nitrogens is 1. The molecule has 1 aromatic carbocycles. The summed E-state index contributed by atoms with van der Waals surface area (Å²) in [5.74, 6) is 2.55. The van der Waals surface area contributed by atoms with Gasteiger partial charge in [0.05, 0.1) is 12.0 Å². The van der Waals surface area contributed by atoms with E-state index in [0.717, 1.165) is 40.9 Å². The summed E-state index contributed by atoms with van der Waals surface area (Å²) in [6, 6.07) is 5.92. The zero-order valence-corrected chi connectivity index (χ0v) is 11.8. The van der Waals surface area contributed by atoms with Gasteiger partial charge in [-0.25, -0.2) is 4.98 Å². The molecule has 0 saturated carbocycles. The molecule has 5 heteroatoms. The first-order valence-corrected chi connectivity index (χ1v) is 7.08. The van der Waals surface area contributed by atoms with E-state index < -0.39 is 0 Å². The zero-order chi connectivity index (χ0) is 13.2. The second-order valence-corrected chi connectivity index (χ2v) is 5.67. The molecular weight excluding hydrogens is 260 g/mol. The van der Waals surface area contributed by atoms with Crippen LogP contribution >= 0.6 is 11.3 Å². The second-order valence-electron chi connectivity index (χ2n) is 4.50. The maximum Gasteiger partial charge on any atom is 0.161 e. The number of anilines is 1. The second kappa shape index (κ2) is 5.09. The lowest BCUT2D eigenvalue weighted by molar-refractivity contribution is 0.284. The predicted molar refractivity (Wildman–Crippen MR) is 76.4 cm³/mol. The van der Waals surface area contributed by atoms with Crippen molar-refractivity contribution >= 4 is 17.2 Å². The molecule has 1 N–H and O–H groups in total. The topological polar surface area (TPSA) is 43.4 Å². The van der Waals surface area contributed by atoms with Crippen LogP contribution in [0.15, 0.2) is 18.2 Å². The van der Waals surface area contributed by atoms with Crippen LogP contribution in [0.1, 0.15) is 15.4 Å². The van der Waals surface area contributed by atoms with E-state index in [1.807, 2.05) is 25.1 Å². The first-order chi connectivity index (χ1) is 9.26. The number of ether oxygens (including phenoxy) is 2. The largest absolute Gasteiger partial charge is 0.493 e. The molecule has 0 spiro atoms. The monoisotopic (exact) mass is 276 g/mol. The predicted octanol–water partition coefficient (Wildman–Crippen LogP) is 3.01. The van der Waals surface area contributed by atoms with E-state index in [-0.39, 0.29) is 0 Å². The van der Waals surface area contributed by atoms with Gasteiger partial charge >= 0.3 is 0 Å². The fourth-order valence-electron chi connectivity index (χ4n) is 2.10. The van der Waals surface area contributed by atoms with Crippen LogP contribution in [0.3, 0.4) is 0 Å². The van der Waals surface area contributed by atoms with Gasteiger partial charge in [-0.3, -0.25) is 0 Å². The lowest BCUT2D eigenvalue weighted by Crippen LogP contribution is -1.99. The third-order valence-electron chi connectivity index (χ3n) is 3.06. The van der Waals surface area contributed by atoms with Crippen molar-refractivity contribution in [1.82, 2.24) is 4.98 Å². The summed E-state index contributed by atoms with van der Waals surface area (Å²) < 4.78 is 11.1. The summed E-state index contributed by atoms with van der Waals surface area (Å²) in [6.07, 6.45) is 1.07. The van der Waals surface area contributed by atoms with Gasteiger partial charge in [-0.2, -0.15) is 0 Å². The van der Waals surface area contributed by atoms with Crippen molar-refractivity contribution in [1.29, 1.82) is 0 Å². The third-order valence-corrected chi connectivity index (χ3v) is 4.15. The summed E-state index contributed by atoms with van der Waals surface area (Å²) in [5.41, 5.74) is 1.15. The van der Waals surface area contributed by atoms with E-state index in [1.54, 1.807) is 18.4 Å². The molecular formula is C14H16N2O2S. The summed E-state index contributed by atoms with van der Waals surface area (Å²) in [7, 11) is 1.66. The van der Waals surface area contributed by atoms with Crippen molar-refractivity contribution in [2.24, 2.45) is 0 Å². The Labute approximate surface area is 116 Å². The minimum atomic E-state index is 0.485. The third kappa shape index (κ3) is 2.51. The number of benzene rings is 1. The Kier molecular flexibility index (Phi) is 3.29. The first kappa shape index (κ1) is 12.3. The number of aryl methyl sites for hydroxylation is 1. The van der Waals surface area contributed by atoms with Crippen LogP contribution in [0.4, 0.5) is 5.82 Å². The molecule has 0 saturated heterocycles. The molecule has 4 nitrogen and oxygen atoms in total. The molecule has 19 heavy (non-hydrogen) atoms. The Bertz CT molecular complexity index is 574. The van der Waals surface area contributed by atoms with Crippen molar-refractivity contribution in [3.8, 4) is 11.5 Å². The lowest BCUT2D eigenvalue weighted by atomic mass is 10.2. The molecule has 3 rings (SSSR count). The molecule has 1 aliphatic heterocycles. The number of hydrogen-bond donors (Lipinski definition) is 1. The normalized spacial score (nSPS) is 12.9. The van der Waals surface area contributed by atoms with Gasteiger partial charge in [0.25, 0.3) is 0 Å². The van der Waals surface area contributed by atoms with E-state index in [4.69, 9.17) is 9.47 Å². The van der Waals surface area contributed by atoms with Crippen molar-refractivity contribution in [3.63, 3.8) is 0 Å². The molecule has 0 atom stereocenters. The highest BCUT2D eigenvalue weighted by Gasteiger charge is 2.16. The SMILES string of the molecule is COc1cc(C)ccc1OCc1nc2c(s1)CCN2. The molecule has 2 heterocycles.